The topological polar surface area (TPSA) is 46.3 Å². The van der Waals surface area contributed by atoms with Crippen LogP contribution in [0.5, 0.6) is 0 Å². The fourth-order valence-electron chi connectivity index (χ4n) is 2.66. The van der Waals surface area contributed by atoms with Crippen molar-refractivity contribution in [1.29, 1.82) is 0 Å². The molecule has 3 nitrogen and oxygen atoms in total. The van der Waals surface area contributed by atoms with E-state index >= 15 is 0 Å². The lowest BCUT2D eigenvalue weighted by Crippen LogP contribution is -2.31. The van der Waals surface area contributed by atoms with Crippen LogP contribution in [0.25, 0.3) is 0 Å². The summed E-state index contributed by atoms with van der Waals surface area (Å²) >= 11 is 0. The number of rotatable bonds is 1. The third-order valence-corrected chi connectivity index (χ3v) is 3.81. The Bertz CT molecular complexity index is 689. The van der Waals surface area contributed by atoms with E-state index < -0.39 is 0 Å². The first kappa shape index (κ1) is 13.4. The summed E-state index contributed by atoms with van der Waals surface area (Å²) in [7, 11) is 0. The maximum Gasteiger partial charge on any atom is 0.258 e. The Hall–Kier alpha value is -2.55. The third kappa shape index (κ3) is 2.68. The zero-order valence-electron chi connectivity index (χ0n) is 11.9. The molecule has 0 fully saturated rings. The van der Waals surface area contributed by atoms with E-state index in [2.05, 4.69) is 12.6 Å². The molecular formula is C18H18N2O. The second kappa shape index (κ2) is 5.44. The van der Waals surface area contributed by atoms with Crippen LogP contribution in [-0.4, -0.2) is 12.5 Å². The number of nitrogen functional groups attached to an aromatic ring is 1. The minimum atomic E-state index is 0.0113. The molecule has 0 unspecified atom stereocenters. The minimum Gasteiger partial charge on any atom is -0.399 e. The number of anilines is 2. The van der Waals surface area contributed by atoms with Crippen molar-refractivity contribution in [3.05, 3.63) is 71.8 Å². The van der Waals surface area contributed by atoms with Gasteiger partial charge in [0, 0.05) is 23.5 Å². The van der Waals surface area contributed by atoms with Crippen LogP contribution < -0.4 is 10.6 Å². The second-order valence-electron chi connectivity index (χ2n) is 5.38. The van der Waals surface area contributed by atoms with E-state index in [9.17, 15) is 4.79 Å². The van der Waals surface area contributed by atoms with Crippen LogP contribution in [0.1, 0.15) is 22.3 Å². The van der Waals surface area contributed by atoms with E-state index in [-0.39, 0.29) is 5.91 Å². The van der Waals surface area contributed by atoms with Crippen molar-refractivity contribution < 1.29 is 4.79 Å². The molecule has 0 radical (unpaired) electrons. The first-order chi connectivity index (χ1) is 10.1. The molecule has 3 heteroatoms. The Balaban J connectivity index is 1.99. The molecule has 1 amide bonds. The van der Waals surface area contributed by atoms with Crippen molar-refractivity contribution in [2.24, 2.45) is 0 Å². The number of nitrogens with zero attached hydrogens (tertiary/aromatic N) is 1. The highest BCUT2D eigenvalue weighted by molar-refractivity contribution is 6.06. The van der Waals surface area contributed by atoms with Gasteiger partial charge in [0.15, 0.2) is 0 Å². The van der Waals surface area contributed by atoms with Crippen LogP contribution in [0.3, 0.4) is 0 Å². The Kier molecular flexibility index (Phi) is 3.48. The molecule has 0 atom stereocenters. The van der Waals surface area contributed by atoms with Gasteiger partial charge in [0.05, 0.1) is 0 Å². The molecule has 2 N–H and O–H groups in total. The maximum absolute atomic E-state index is 12.8. The summed E-state index contributed by atoms with van der Waals surface area (Å²) < 4.78 is 0. The van der Waals surface area contributed by atoms with Crippen molar-refractivity contribution in [3.8, 4) is 0 Å². The van der Waals surface area contributed by atoms with Gasteiger partial charge in [0.2, 0.25) is 0 Å². The average Bonchev–Trinajstić information content (AvgIpc) is 2.65. The number of hydrogen-bond acceptors (Lipinski definition) is 2. The predicted octanol–water partition coefficient (Wildman–Crippen LogP) is 3.42. The summed E-state index contributed by atoms with van der Waals surface area (Å²) in [6.45, 7) is 4.76. The van der Waals surface area contributed by atoms with Crippen LogP contribution in [0.4, 0.5) is 11.4 Å². The zero-order chi connectivity index (χ0) is 14.8. The summed E-state index contributed by atoms with van der Waals surface area (Å²) in [4.78, 5) is 14.6. The summed E-state index contributed by atoms with van der Waals surface area (Å²) in [6, 6.07) is 15.1. The van der Waals surface area contributed by atoms with Gasteiger partial charge in [0.1, 0.15) is 0 Å². The Morgan fingerprint density at radius 3 is 2.57 bits per heavy atom. The molecule has 0 aliphatic carbocycles. The SMILES string of the molecule is C=C1CCN(C(=O)c2ccc(N)cc2)c2ccccc2C1. The van der Waals surface area contributed by atoms with Crippen LogP contribution in [0.15, 0.2) is 60.7 Å². The molecule has 21 heavy (non-hydrogen) atoms. The number of hydrogen-bond donors (Lipinski definition) is 1. The van der Waals surface area contributed by atoms with E-state index in [0.717, 1.165) is 29.7 Å². The molecule has 1 aliphatic rings. The smallest absolute Gasteiger partial charge is 0.258 e. The molecule has 1 heterocycles. The summed E-state index contributed by atoms with van der Waals surface area (Å²) in [5.41, 5.74) is 10.3. The fourth-order valence-corrected chi connectivity index (χ4v) is 2.66. The van der Waals surface area contributed by atoms with Crippen LogP contribution >= 0.6 is 0 Å². The quantitative estimate of drug-likeness (QED) is 0.642. The summed E-state index contributed by atoms with van der Waals surface area (Å²) in [6.07, 6.45) is 1.66. The average molecular weight is 278 g/mol. The molecule has 0 saturated carbocycles. The summed E-state index contributed by atoms with van der Waals surface area (Å²) in [5.74, 6) is 0.0113. The summed E-state index contributed by atoms with van der Waals surface area (Å²) in [5, 5.41) is 0. The molecule has 0 aromatic heterocycles. The number of fused-ring (bicyclic) bond motifs is 1. The van der Waals surface area contributed by atoms with Crippen molar-refractivity contribution in [2.75, 3.05) is 17.2 Å². The number of amides is 1. The largest absolute Gasteiger partial charge is 0.399 e. The van der Waals surface area contributed by atoms with E-state index in [1.165, 1.54) is 0 Å². The van der Waals surface area contributed by atoms with Crippen LogP contribution in [-0.2, 0) is 6.42 Å². The Labute approximate surface area is 124 Å². The van der Waals surface area contributed by atoms with E-state index in [1.54, 1.807) is 24.3 Å². The maximum atomic E-state index is 12.8. The predicted molar refractivity (Wildman–Crippen MR) is 86.4 cm³/mol. The Morgan fingerprint density at radius 1 is 1.10 bits per heavy atom. The highest BCUT2D eigenvalue weighted by atomic mass is 16.2. The highest BCUT2D eigenvalue weighted by Crippen LogP contribution is 2.29. The lowest BCUT2D eigenvalue weighted by Gasteiger charge is -2.23. The van der Waals surface area contributed by atoms with E-state index in [1.807, 2.05) is 23.1 Å². The molecule has 0 bridgehead atoms. The zero-order valence-corrected chi connectivity index (χ0v) is 11.9. The minimum absolute atomic E-state index is 0.0113. The second-order valence-corrected chi connectivity index (χ2v) is 5.38. The molecule has 3 rings (SSSR count). The van der Waals surface area contributed by atoms with Crippen LogP contribution in [0, 0.1) is 0 Å². The standard InChI is InChI=1S/C18H18N2O/c1-13-10-11-20(17-5-3-2-4-15(17)12-13)18(21)14-6-8-16(19)9-7-14/h2-9H,1,10-12,19H2. The molecule has 2 aromatic carbocycles. The monoisotopic (exact) mass is 278 g/mol. The first-order valence-electron chi connectivity index (χ1n) is 7.07. The van der Waals surface area contributed by atoms with Crippen LogP contribution in [0.2, 0.25) is 0 Å². The fraction of sp³-hybridized carbons (Fsp3) is 0.167. The highest BCUT2D eigenvalue weighted by Gasteiger charge is 2.22. The lowest BCUT2D eigenvalue weighted by molar-refractivity contribution is 0.0987. The van der Waals surface area contributed by atoms with Gasteiger partial charge in [-0.15, -0.1) is 0 Å². The van der Waals surface area contributed by atoms with E-state index in [4.69, 9.17) is 5.73 Å². The number of para-hydroxylation sites is 1. The molecule has 1 aliphatic heterocycles. The third-order valence-electron chi connectivity index (χ3n) is 3.81. The van der Waals surface area contributed by atoms with Gasteiger partial charge in [-0.3, -0.25) is 4.79 Å². The van der Waals surface area contributed by atoms with Gasteiger partial charge >= 0.3 is 0 Å². The molecule has 0 spiro atoms. The normalized spacial score (nSPS) is 14.5. The molecule has 0 saturated heterocycles. The molecular weight excluding hydrogens is 260 g/mol. The van der Waals surface area contributed by atoms with Crippen molar-refractivity contribution in [2.45, 2.75) is 12.8 Å². The molecule has 106 valence electrons. The number of benzene rings is 2. The Morgan fingerprint density at radius 2 is 1.81 bits per heavy atom. The molecule has 2 aromatic rings. The van der Waals surface area contributed by atoms with Gasteiger partial charge in [-0.05, 0) is 48.7 Å². The van der Waals surface area contributed by atoms with Gasteiger partial charge in [0.25, 0.3) is 5.91 Å². The first-order valence-corrected chi connectivity index (χ1v) is 7.07. The van der Waals surface area contributed by atoms with Gasteiger partial charge in [-0.2, -0.15) is 0 Å². The van der Waals surface area contributed by atoms with E-state index in [0.29, 0.717) is 17.8 Å². The van der Waals surface area contributed by atoms with Crippen molar-refractivity contribution in [1.82, 2.24) is 0 Å². The number of carbonyl (C=O) groups excluding carboxylic acids is 1. The number of carbonyl (C=O) groups is 1. The van der Waals surface area contributed by atoms with Gasteiger partial charge < -0.3 is 10.6 Å². The lowest BCUT2D eigenvalue weighted by atomic mass is 10.0. The van der Waals surface area contributed by atoms with Crippen molar-refractivity contribution in [3.63, 3.8) is 0 Å². The van der Waals surface area contributed by atoms with Crippen molar-refractivity contribution >= 4 is 17.3 Å². The van der Waals surface area contributed by atoms with Gasteiger partial charge in [-0.25, -0.2) is 0 Å². The van der Waals surface area contributed by atoms with Gasteiger partial charge in [-0.1, -0.05) is 30.4 Å². The number of nitrogens with two attached hydrogens (primary N) is 1.